The number of carbonyl (C=O) groups is 1. The second kappa shape index (κ2) is 8.11. The summed E-state index contributed by atoms with van der Waals surface area (Å²) >= 11 is 0. The highest BCUT2D eigenvalue weighted by Crippen LogP contribution is 2.26. The van der Waals surface area contributed by atoms with E-state index in [-0.39, 0.29) is 5.56 Å². The summed E-state index contributed by atoms with van der Waals surface area (Å²) in [6.07, 6.45) is 5.81. The van der Waals surface area contributed by atoms with E-state index in [0.717, 1.165) is 12.1 Å². The van der Waals surface area contributed by atoms with Gasteiger partial charge in [0, 0.05) is 36.6 Å². The Balaban J connectivity index is 1.76. The van der Waals surface area contributed by atoms with Gasteiger partial charge in [-0.25, -0.2) is 19.7 Å². The number of aromatic amines is 1. The number of H-pyrrole nitrogens is 1. The van der Waals surface area contributed by atoms with E-state index in [4.69, 9.17) is 4.74 Å². The largest absolute Gasteiger partial charge is 0.493 e. The van der Waals surface area contributed by atoms with Crippen LogP contribution in [0.5, 0.6) is 5.75 Å². The number of carboxylic acid groups (broad SMARTS) is 1. The summed E-state index contributed by atoms with van der Waals surface area (Å²) in [5.41, 5.74) is 2.45. The lowest BCUT2D eigenvalue weighted by atomic mass is 10.1. The average Bonchev–Trinajstić information content (AvgIpc) is 3.16. The van der Waals surface area contributed by atoms with Crippen molar-refractivity contribution in [1.29, 1.82) is 0 Å². The van der Waals surface area contributed by atoms with Crippen molar-refractivity contribution in [1.82, 2.24) is 19.9 Å². The Morgan fingerprint density at radius 3 is 2.96 bits per heavy atom. The summed E-state index contributed by atoms with van der Waals surface area (Å²) in [4.78, 5) is 27.1. The van der Waals surface area contributed by atoms with Crippen molar-refractivity contribution >= 4 is 11.9 Å². The number of imidazole rings is 1. The maximum absolute atomic E-state index is 11.5. The van der Waals surface area contributed by atoms with Gasteiger partial charge in [0.2, 0.25) is 5.95 Å². The number of nitrogens with zero attached hydrogens (tertiary/aromatic N) is 3. The van der Waals surface area contributed by atoms with Crippen molar-refractivity contribution in [3.05, 3.63) is 54.2 Å². The molecule has 0 aliphatic rings. The van der Waals surface area contributed by atoms with Crippen molar-refractivity contribution in [2.45, 2.75) is 13.3 Å². The van der Waals surface area contributed by atoms with E-state index in [9.17, 15) is 9.90 Å². The molecule has 0 aliphatic carbocycles. The van der Waals surface area contributed by atoms with E-state index >= 15 is 0 Å². The molecule has 3 aromatic rings. The predicted octanol–water partition coefficient (Wildman–Crippen LogP) is 2.62. The van der Waals surface area contributed by atoms with Gasteiger partial charge in [0.05, 0.1) is 18.6 Å². The first kappa shape index (κ1) is 17.4. The minimum absolute atomic E-state index is 0.108. The van der Waals surface area contributed by atoms with Crippen LogP contribution in [0.25, 0.3) is 11.3 Å². The first-order chi connectivity index (χ1) is 12.7. The average molecular weight is 353 g/mol. The van der Waals surface area contributed by atoms with E-state index in [1.165, 1.54) is 0 Å². The summed E-state index contributed by atoms with van der Waals surface area (Å²) in [5, 5.41) is 12.5. The molecule has 3 N–H and O–H groups in total. The van der Waals surface area contributed by atoms with E-state index in [1.807, 2.05) is 6.92 Å². The monoisotopic (exact) mass is 353 g/mol. The van der Waals surface area contributed by atoms with Crippen LogP contribution in [0.2, 0.25) is 0 Å². The molecule has 2 heterocycles. The molecular formula is C18H19N5O3. The van der Waals surface area contributed by atoms with Crippen LogP contribution in [-0.2, 0) is 6.42 Å². The highest BCUT2D eigenvalue weighted by atomic mass is 16.5. The second-order valence-electron chi connectivity index (χ2n) is 5.47. The van der Waals surface area contributed by atoms with Gasteiger partial charge < -0.3 is 20.1 Å². The highest BCUT2D eigenvalue weighted by Gasteiger charge is 2.13. The van der Waals surface area contributed by atoms with Crippen LogP contribution in [-0.4, -0.2) is 44.2 Å². The van der Waals surface area contributed by atoms with Gasteiger partial charge >= 0.3 is 5.97 Å². The topological polar surface area (TPSA) is 113 Å². The number of carboxylic acids is 1. The number of aromatic nitrogens is 4. The lowest BCUT2D eigenvalue weighted by Gasteiger charge is -2.10. The molecule has 0 unspecified atom stereocenters. The van der Waals surface area contributed by atoms with Gasteiger partial charge in [-0.2, -0.15) is 0 Å². The Morgan fingerprint density at radius 2 is 2.23 bits per heavy atom. The lowest BCUT2D eigenvalue weighted by Crippen LogP contribution is -2.08. The number of benzene rings is 1. The molecule has 1 aromatic carbocycles. The van der Waals surface area contributed by atoms with Crippen LogP contribution in [0.4, 0.5) is 5.95 Å². The molecule has 0 spiro atoms. The van der Waals surface area contributed by atoms with Crippen LogP contribution < -0.4 is 10.1 Å². The first-order valence-corrected chi connectivity index (χ1v) is 8.22. The number of hydrogen-bond donors (Lipinski definition) is 3. The van der Waals surface area contributed by atoms with Crippen LogP contribution in [0.1, 0.15) is 23.0 Å². The van der Waals surface area contributed by atoms with Crippen molar-refractivity contribution in [3.8, 4) is 17.0 Å². The normalized spacial score (nSPS) is 10.5. The standard InChI is InChI=1S/C18H19N5O3/c1-2-26-16-4-3-12(9-14(16)17(24)25)15-6-8-21-18(23-15)20-7-5-13-10-19-11-22-13/h3-4,6,8-11H,2,5,7H2,1H3,(H,19,22)(H,24,25)(H,20,21,23). The Kier molecular flexibility index (Phi) is 5.43. The molecule has 8 nitrogen and oxygen atoms in total. The van der Waals surface area contributed by atoms with Gasteiger partial charge in [0.25, 0.3) is 0 Å². The van der Waals surface area contributed by atoms with Gasteiger partial charge in [0.15, 0.2) is 0 Å². The summed E-state index contributed by atoms with van der Waals surface area (Å²) in [5.74, 6) is -0.217. The van der Waals surface area contributed by atoms with E-state index in [2.05, 4.69) is 25.3 Å². The van der Waals surface area contributed by atoms with Gasteiger partial charge in [-0.15, -0.1) is 0 Å². The zero-order valence-corrected chi connectivity index (χ0v) is 14.3. The minimum atomic E-state index is -1.04. The van der Waals surface area contributed by atoms with Crippen molar-refractivity contribution in [2.75, 3.05) is 18.5 Å². The molecule has 0 atom stereocenters. The zero-order chi connectivity index (χ0) is 18.4. The SMILES string of the molecule is CCOc1ccc(-c2ccnc(NCCc3cnc[nH]3)n2)cc1C(=O)O. The fraction of sp³-hybridized carbons (Fsp3) is 0.222. The Bertz CT molecular complexity index is 880. The summed E-state index contributed by atoms with van der Waals surface area (Å²) < 4.78 is 5.37. The number of aromatic carboxylic acids is 1. The molecule has 0 saturated heterocycles. The number of nitrogens with one attached hydrogen (secondary N) is 2. The fourth-order valence-corrected chi connectivity index (χ4v) is 2.47. The smallest absolute Gasteiger partial charge is 0.339 e. The summed E-state index contributed by atoms with van der Waals surface area (Å²) in [7, 11) is 0. The highest BCUT2D eigenvalue weighted by molar-refractivity contribution is 5.92. The molecule has 2 aromatic heterocycles. The molecule has 0 saturated carbocycles. The molecule has 0 bridgehead atoms. The Morgan fingerprint density at radius 1 is 1.35 bits per heavy atom. The zero-order valence-electron chi connectivity index (χ0n) is 14.3. The minimum Gasteiger partial charge on any atom is -0.493 e. The van der Waals surface area contributed by atoms with E-state index < -0.39 is 5.97 Å². The van der Waals surface area contributed by atoms with Gasteiger partial charge in [-0.05, 0) is 31.2 Å². The van der Waals surface area contributed by atoms with Crippen LogP contribution >= 0.6 is 0 Å². The predicted molar refractivity (Wildman–Crippen MR) is 96.4 cm³/mol. The third-order valence-electron chi connectivity index (χ3n) is 3.69. The molecule has 3 rings (SSSR count). The lowest BCUT2D eigenvalue weighted by molar-refractivity contribution is 0.0692. The van der Waals surface area contributed by atoms with Gasteiger partial charge in [-0.1, -0.05) is 0 Å². The molecule has 8 heteroatoms. The molecule has 0 fully saturated rings. The Labute approximate surface area is 150 Å². The van der Waals surface area contributed by atoms with Crippen molar-refractivity contribution in [3.63, 3.8) is 0 Å². The number of anilines is 1. The maximum Gasteiger partial charge on any atom is 0.339 e. The van der Waals surface area contributed by atoms with E-state index in [1.54, 1.807) is 43.0 Å². The quantitative estimate of drug-likeness (QED) is 0.570. The number of hydrogen-bond acceptors (Lipinski definition) is 6. The third kappa shape index (κ3) is 4.15. The third-order valence-corrected chi connectivity index (χ3v) is 3.69. The first-order valence-electron chi connectivity index (χ1n) is 8.22. The van der Waals surface area contributed by atoms with Crippen molar-refractivity contribution < 1.29 is 14.6 Å². The molecule has 26 heavy (non-hydrogen) atoms. The maximum atomic E-state index is 11.5. The number of ether oxygens (including phenoxy) is 1. The summed E-state index contributed by atoms with van der Waals surface area (Å²) in [6, 6.07) is 6.73. The molecular weight excluding hydrogens is 334 g/mol. The van der Waals surface area contributed by atoms with Crippen LogP contribution in [0.15, 0.2) is 43.0 Å². The second-order valence-corrected chi connectivity index (χ2v) is 5.47. The van der Waals surface area contributed by atoms with Crippen LogP contribution in [0, 0.1) is 0 Å². The van der Waals surface area contributed by atoms with Crippen molar-refractivity contribution in [2.24, 2.45) is 0 Å². The van der Waals surface area contributed by atoms with E-state index in [0.29, 0.717) is 36.1 Å². The molecule has 134 valence electrons. The number of rotatable bonds is 8. The van der Waals surface area contributed by atoms with Gasteiger partial charge in [-0.3, -0.25) is 0 Å². The molecule has 0 aliphatic heterocycles. The molecule has 0 radical (unpaired) electrons. The fourth-order valence-electron chi connectivity index (χ4n) is 2.47. The summed E-state index contributed by atoms with van der Waals surface area (Å²) in [6.45, 7) is 2.86. The van der Waals surface area contributed by atoms with Gasteiger partial charge in [0.1, 0.15) is 11.3 Å². The van der Waals surface area contributed by atoms with Crippen LogP contribution in [0.3, 0.4) is 0 Å². The molecule has 0 amide bonds. The Hall–Kier alpha value is -3.42.